The zero-order valence-electron chi connectivity index (χ0n) is 17.2. The van der Waals surface area contributed by atoms with Gasteiger partial charge in [0.25, 0.3) is 0 Å². The maximum absolute atomic E-state index is 14.4. The second kappa shape index (κ2) is 9.50. The minimum absolute atomic E-state index is 0.0833. The fraction of sp³-hybridized carbons (Fsp3) is 0.364. The van der Waals surface area contributed by atoms with E-state index in [1.54, 1.807) is 18.3 Å². The lowest BCUT2D eigenvalue weighted by Crippen LogP contribution is -2.38. The van der Waals surface area contributed by atoms with E-state index in [-0.39, 0.29) is 10.4 Å². The predicted octanol–water partition coefficient (Wildman–Crippen LogP) is 4.45. The Hall–Kier alpha value is -2.59. The summed E-state index contributed by atoms with van der Waals surface area (Å²) in [5, 5.41) is 15.1. The highest BCUT2D eigenvalue weighted by atomic mass is 79.9. The smallest absolute Gasteiger partial charge is 0.338 e. The molecule has 1 aliphatic heterocycles. The molecule has 1 fully saturated rings. The van der Waals surface area contributed by atoms with Gasteiger partial charge in [-0.3, -0.25) is 9.79 Å². The summed E-state index contributed by atoms with van der Waals surface area (Å²) < 4.78 is 19.7. The number of rotatable bonds is 5. The summed E-state index contributed by atoms with van der Waals surface area (Å²) in [5.41, 5.74) is 1.44. The van der Waals surface area contributed by atoms with Crippen LogP contribution < -0.4 is 5.32 Å². The van der Waals surface area contributed by atoms with Crippen LogP contribution in [0.15, 0.2) is 50.5 Å². The Morgan fingerprint density at radius 3 is 2.66 bits per heavy atom. The van der Waals surface area contributed by atoms with Gasteiger partial charge in [-0.2, -0.15) is 0 Å². The normalized spacial score (nSPS) is 23.3. The number of carboxylic acid groups (broad SMARTS) is 1. The average Bonchev–Trinajstić information content (AvgIpc) is 3.35. The van der Waals surface area contributed by atoms with Crippen molar-refractivity contribution in [3.63, 3.8) is 0 Å². The minimum atomic E-state index is -0.806. The van der Waals surface area contributed by atoms with Crippen molar-refractivity contribution in [3.8, 4) is 0 Å². The fourth-order valence-corrected chi connectivity index (χ4v) is 5.33. The molecule has 2 aliphatic rings. The first-order valence-electron chi connectivity index (χ1n) is 10.1. The molecule has 0 amide bonds. The van der Waals surface area contributed by atoms with Gasteiger partial charge in [0.05, 0.1) is 23.1 Å². The molecule has 2 heterocycles. The molecule has 0 radical (unpaired) electrons. The number of aromatic nitrogens is 1. The van der Waals surface area contributed by atoms with E-state index in [1.807, 2.05) is 5.38 Å². The van der Waals surface area contributed by atoms with E-state index in [2.05, 4.69) is 26.2 Å². The van der Waals surface area contributed by atoms with Crippen LogP contribution in [0.2, 0.25) is 0 Å². The van der Waals surface area contributed by atoms with Crippen LogP contribution in [0.1, 0.15) is 42.3 Å². The first kappa shape index (κ1) is 22.6. The molecule has 7 nitrogen and oxygen atoms in total. The standard InChI is InChI=1S/C22H21BrFN3O4S/c1-31-22(30)15-17(11-5-7-12(8-6-11)21(28)29)26-19(20-25-9-10-32-20)27-18(15)13-3-2-4-14(24)16(13)23/h2-4,9-12,18H,5-8H2,1H3,(H,26,27)(H,28,29)/t11-,12-,18-/m0/s1. The van der Waals surface area contributed by atoms with Crippen LogP contribution in [0.25, 0.3) is 0 Å². The van der Waals surface area contributed by atoms with Crippen LogP contribution >= 0.6 is 27.3 Å². The van der Waals surface area contributed by atoms with Crippen molar-refractivity contribution < 1.29 is 23.8 Å². The molecule has 32 heavy (non-hydrogen) atoms. The number of allylic oxidation sites excluding steroid dienone is 1. The van der Waals surface area contributed by atoms with Crippen molar-refractivity contribution in [2.75, 3.05) is 7.11 Å². The van der Waals surface area contributed by atoms with E-state index in [0.29, 0.717) is 53.4 Å². The Morgan fingerprint density at radius 2 is 2.03 bits per heavy atom. The van der Waals surface area contributed by atoms with Crippen molar-refractivity contribution in [1.82, 2.24) is 10.3 Å². The minimum Gasteiger partial charge on any atom is -0.481 e. The van der Waals surface area contributed by atoms with Crippen molar-refractivity contribution in [1.29, 1.82) is 0 Å². The monoisotopic (exact) mass is 521 g/mol. The number of amidine groups is 1. The molecule has 1 saturated carbocycles. The number of hydrogen-bond donors (Lipinski definition) is 2. The maximum atomic E-state index is 14.4. The number of halogens is 2. The van der Waals surface area contributed by atoms with E-state index in [0.717, 1.165) is 0 Å². The molecule has 1 atom stereocenters. The van der Waals surface area contributed by atoms with Gasteiger partial charge < -0.3 is 15.2 Å². The van der Waals surface area contributed by atoms with Crippen LogP contribution in [0.4, 0.5) is 4.39 Å². The summed E-state index contributed by atoms with van der Waals surface area (Å²) in [4.78, 5) is 33.4. The highest BCUT2D eigenvalue weighted by Gasteiger charge is 2.38. The lowest BCUT2D eigenvalue weighted by atomic mass is 9.78. The van der Waals surface area contributed by atoms with E-state index >= 15 is 0 Å². The number of thiazole rings is 1. The number of carbonyl (C=O) groups excluding carboxylic acids is 1. The second-order valence-electron chi connectivity index (χ2n) is 7.69. The molecule has 0 unspecified atom stereocenters. The van der Waals surface area contributed by atoms with Crippen LogP contribution in [0.3, 0.4) is 0 Å². The maximum Gasteiger partial charge on any atom is 0.338 e. The molecule has 2 N–H and O–H groups in total. The topological polar surface area (TPSA) is 101 Å². The summed E-state index contributed by atoms with van der Waals surface area (Å²) in [6.45, 7) is 0. The van der Waals surface area contributed by atoms with Gasteiger partial charge in [-0.25, -0.2) is 14.2 Å². The van der Waals surface area contributed by atoms with Crippen molar-refractivity contribution >= 4 is 45.0 Å². The third-order valence-corrected chi connectivity index (χ3v) is 7.49. The van der Waals surface area contributed by atoms with Gasteiger partial charge in [-0.15, -0.1) is 11.3 Å². The second-order valence-corrected chi connectivity index (χ2v) is 9.38. The highest BCUT2D eigenvalue weighted by Crippen LogP contribution is 2.42. The Bertz CT molecular complexity index is 1090. The molecule has 168 valence electrons. The van der Waals surface area contributed by atoms with Crippen LogP contribution in [-0.2, 0) is 14.3 Å². The van der Waals surface area contributed by atoms with Crippen molar-refractivity contribution in [2.45, 2.75) is 31.7 Å². The number of nitrogens with one attached hydrogen (secondary N) is 1. The Labute approximate surface area is 196 Å². The lowest BCUT2D eigenvalue weighted by molar-refractivity contribution is -0.143. The first-order valence-corrected chi connectivity index (χ1v) is 11.8. The molecule has 0 spiro atoms. The lowest BCUT2D eigenvalue weighted by Gasteiger charge is -2.34. The third kappa shape index (κ3) is 4.33. The number of esters is 1. The van der Waals surface area contributed by atoms with Crippen molar-refractivity contribution in [2.24, 2.45) is 16.8 Å². The van der Waals surface area contributed by atoms with Gasteiger partial charge in [0.15, 0.2) is 10.8 Å². The van der Waals surface area contributed by atoms with Crippen molar-refractivity contribution in [3.05, 3.63) is 61.9 Å². The van der Waals surface area contributed by atoms with Gasteiger partial charge in [0.2, 0.25) is 0 Å². The Balaban J connectivity index is 1.83. The number of methoxy groups -OCH3 is 1. The summed E-state index contributed by atoms with van der Waals surface area (Å²) in [7, 11) is 1.30. The zero-order chi connectivity index (χ0) is 22.8. The first-order chi connectivity index (χ1) is 15.4. The number of carboxylic acids is 1. The van der Waals surface area contributed by atoms with Gasteiger partial charge in [-0.1, -0.05) is 12.1 Å². The molecule has 2 aromatic rings. The number of carbonyl (C=O) groups is 2. The van der Waals surface area contributed by atoms with Gasteiger partial charge in [0, 0.05) is 17.3 Å². The van der Waals surface area contributed by atoms with E-state index < -0.39 is 29.7 Å². The highest BCUT2D eigenvalue weighted by molar-refractivity contribution is 9.10. The van der Waals surface area contributed by atoms with Gasteiger partial charge in [-0.05, 0) is 59.2 Å². The quantitative estimate of drug-likeness (QED) is 0.563. The zero-order valence-corrected chi connectivity index (χ0v) is 19.6. The number of aliphatic imine (C=N–C) groups is 1. The molecule has 1 aliphatic carbocycles. The average molecular weight is 522 g/mol. The predicted molar refractivity (Wildman–Crippen MR) is 121 cm³/mol. The molecule has 0 bridgehead atoms. The summed E-state index contributed by atoms with van der Waals surface area (Å²) in [6, 6.07) is 3.81. The summed E-state index contributed by atoms with van der Waals surface area (Å²) in [6.07, 6.45) is 3.88. The van der Waals surface area contributed by atoms with Crippen LogP contribution in [-0.4, -0.2) is 35.0 Å². The number of nitrogens with zero attached hydrogens (tertiary/aromatic N) is 2. The van der Waals surface area contributed by atoms with Crippen LogP contribution in [0, 0.1) is 17.7 Å². The van der Waals surface area contributed by atoms with E-state index in [1.165, 1.54) is 24.5 Å². The van der Waals surface area contributed by atoms with E-state index in [9.17, 15) is 19.1 Å². The van der Waals surface area contributed by atoms with Gasteiger partial charge >= 0.3 is 11.9 Å². The largest absolute Gasteiger partial charge is 0.481 e. The summed E-state index contributed by atoms with van der Waals surface area (Å²) >= 11 is 4.70. The summed E-state index contributed by atoms with van der Waals surface area (Å²) in [5.74, 6) is -1.80. The molecule has 4 rings (SSSR count). The fourth-order valence-electron chi connectivity index (χ4n) is 4.26. The number of aliphatic carboxylic acids is 1. The number of ether oxygens (including phenoxy) is 1. The molecule has 1 aromatic carbocycles. The Morgan fingerprint density at radius 1 is 1.28 bits per heavy atom. The molecule has 0 saturated heterocycles. The third-order valence-electron chi connectivity index (χ3n) is 5.88. The Kier molecular flexibility index (Phi) is 6.71. The SMILES string of the molecule is COC(=O)C1=C([C@H]2CC[C@H](C(=O)O)CC2)NC(c2nccs2)=N[C@H]1c1cccc(F)c1Br. The molecule has 1 aromatic heterocycles. The number of hydrogen-bond acceptors (Lipinski definition) is 7. The van der Waals surface area contributed by atoms with Gasteiger partial charge in [0.1, 0.15) is 11.9 Å². The van der Waals surface area contributed by atoms with Crippen LogP contribution in [0.5, 0.6) is 0 Å². The molecular weight excluding hydrogens is 501 g/mol. The number of benzene rings is 1. The molecule has 10 heteroatoms. The molecular formula is C22H21BrFN3O4S. The van der Waals surface area contributed by atoms with E-state index in [4.69, 9.17) is 9.73 Å².